The SMILES string of the molecule is Cc1ccc(-c2nnc(CCC(=O)OCC(=O)Nc3ccc(Br)cc3)o2)cc1. The average Bonchev–Trinajstić information content (AvgIpc) is 3.16. The number of amides is 1. The van der Waals surface area contributed by atoms with Gasteiger partial charge in [-0.3, -0.25) is 9.59 Å². The van der Waals surface area contributed by atoms with Gasteiger partial charge in [-0.1, -0.05) is 33.6 Å². The van der Waals surface area contributed by atoms with Crippen LogP contribution in [0.2, 0.25) is 0 Å². The van der Waals surface area contributed by atoms with Crippen molar-refractivity contribution in [1.29, 1.82) is 0 Å². The first-order valence-corrected chi connectivity index (χ1v) is 9.39. The van der Waals surface area contributed by atoms with E-state index in [1.54, 1.807) is 24.3 Å². The highest BCUT2D eigenvalue weighted by atomic mass is 79.9. The van der Waals surface area contributed by atoms with E-state index in [1.807, 2.05) is 31.2 Å². The zero-order valence-electron chi connectivity index (χ0n) is 15.1. The summed E-state index contributed by atoms with van der Waals surface area (Å²) in [6, 6.07) is 14.8. The van der Waals surface area contributed by atoms with E-state index in [2.05, 4.69) is 31.4 Å². The lowest BCUT2D eigenvalue weighted by Crippen LogP contribution is -2.21. The van der Waals surface area contributed by atoms with Crippen molar-refractivity contribution < 1.29 is 18.7 Å². The van der Waals surface area contributed by atoms with Gasteiger partial charge in [0, 0.05) is 22.1 Å². The summed E-state index contributed by atoms with van der Waals surface area (Å²) in [6.45, 7) is 1.64. The van der Waals surface area contributed by atoms with Crippen molar-refractivity contribution in [2.45, 2.75) is 19.8 Å². The van der Waals surface area contributed by atoms with Crippen molar-refractivity contribution in [2.75, 3.05) is 11.9 Å². The molecule has 0 bridgehead atoms. The van der Waals surface area contributed by atoms with Gasteiger partial charge in [0.2, 0.25) is 11.8 Å². The molecule has 0 atom stereocenters. The molecular weight excluding hydrogens is 426 g/mol. The Bertz CT molecular complexity index is 952. The Morgan fingerprint density at radius 3 is 2.50 bits per heavy atom. The smallest absolute Gasteiger partial charge is 0.306 e. The average molecular weight is 444 g/mol. The third kappa shape index (κ3) is 5.75. The van der Waals surface area contributed by atoms with Crippen molar-refractivity contribution in [2.24, 2.45) is 0 Å². The first-order chi connectivity index (χ1) is 13.5. The van der Waals surface area contributed by atoms with Crippen LogP contribution in [0.4, 0.5) is 5.69 Å². The molecule has 1 N–H and O–H groups in total. The molecule has 1 heterocycles. The second-order valence-electron chi connectivity index (χ2n) is 6.08. The number of carbonyl (C=O) groups excluding carboxylic acids is 2. The van der Waals surface area contributed by atoms with Crippen LogP contribution in [0.5, 0.6) is 0 Å². The number of ether oxygens (including phenoxy) is 1. The number of carbonyl (C=O) groups is 2. The molecule has 28 heavy (non-hydrogen) atoms. The van der Waals surface area contributed by atoms with Crippen LogP contribution in [-0.4, -0.2) is 28.7 Å². The van der Waals surface area contributed by atoms with E-state index in [9.17, 15) is 9.59 Å². The fourth-order valence-electron chi connectivity index (χ4n) is 2.32. The number of hydrogen-bond acceptors (Lipinski definition) is 6. The monoisotopic (exact) mass is 443 g/mol. The normalized spacial score (nSPS) is 10.5. The van der Waals surface area contributed by atoms with Crippen molar-refractivity contribution >= 4 is 33.5 Å². The summed E-state index contributed by atoms with van der Waals surface area (Å²) in [6.07, 6.45) is 0.285. The number of hydrogen-bond donors (Lipinski definition) is 1. The predicted molar refractivity (Wildman–Crippen MR) is 107 cm³/mol. The van der Waals surface area contributed by atoms with Gasteiger partial charge in [-0.15, -0.1) is 10.2 Å². The molecule has 3 aromatic rings. The molecule has 0 aliphatic rings. The number of nitrogens with one attached hydrogen (secondary N) is 1. The zero-order valence-corrected chi connectivity index (χ0v) is 16.7. The third-order valence-electron chi connectivity index (χ3n) is 3.80. The third-order valence-corrected chi connectivity index (χ3v) is 4.33. The first-order valence-electron chi connectivity index (χ1n) is 8.60. The van der Waals surface area contributed by atoms with Gasteiger partial charge >= 0.3 is 5.97 Å². The summed E-state index contributed by atoms with van der Waals surface area (Å²) in [5.74, 6) is -0.180. The summed E-state index contributed by atoms with van der Waals surface area (Å²) in [5, 5.41) is 10.6. The molecule has 0 fully saturated rings. The van der Waals surface area contributed by atoms with Crippen LogP contribution in [-0.2, 0) is 20.7 Å². The van der Waals surface area contributed by atoms with Crippen molar-refractivity contribution in [3.63, 3.8) is 0 Å². The fraction of sp³-hybridized carbons (Fsp3) is 0.200. The minimum atomic E-state index is -0.513. The Morgan fingerprint density at radius 1 is 1.07 bits per heavy atom. The molecule has 3 rings (SSSR count). The molecule has 0 aliphatic carbocycles. The first kappa shape index (κ1) is 19.8. The number of benzene rings is 2. The molecule has 8 heteroatoms. The molecule has 0 spiro atoms. The number of esters is 1. The molecular formula is C20H18BrN3O4. The Morgan fingerprint density at radius 2 is 1.79 bits per heavy atom. The lowest BCUT2D eigenvalue weighted by Gasteiger charge is -2.06. The van der Waals surface area contributed by atoms with E-state index in [1.165, 1.54) is 0 Å². The van der Waals surface area contributed by atoms with Gasteiger partial charge in [0.25, 0.3) is 5.91 Å². The van der Waals surface area contributed by atoms with Crippen molar-refractivity contribution in [3.05, 3.63) is 64.5 Å². The van der Waals surface area contributed by atoms with Crippen molar-refractivity contribution in [3.8, 4) is 11.5 Å². The molecule has 0 aliphatic heterocycles. The Labute approximate surface area is 170 Å². The molecule has 0 saturated carbocycles. The van der Waals surface area contributed by atoms with Gasteiger partial charge in [-0.2, -0.15) is 0 Å². The summed E-state index contributed by atoms with van der Waals surface area (Å²) in [5.41, 5.74) is 2.57. The maximum Gasteiger partial charge on any atom is 0.306 e. The van der Waals surface area contributed by atoms with Crippen LogP contribution >= 0.6 is 15.9 Å². The fourth-order valence-corrected chi connectivity index (χ4v) is 2.59. The Balaban J connectivity index is 1.42. The summed E-state index contributed by atoms with van der Waals surface area (Å²) in [4.78, 5) is 23.7. The van der Waals surface area contributed by atoms with Crippen LogP contribution in [0.15, 0.2) is 57.4 Å². The van der Waals surface area contributed by atoms with Crippen LogP contribution in [0.1, 0.15) is 17.9 Å². The minimum absolute atomic E-state index is 0.0428. The summed E-state index contributed by atoms with van der Waals surface area (Å²) in [7, 11) is 0. The second kappa shape index (κ2) is 9.27. The van der Waals surface area contributed by atoms with E-state index in [0.29, 0.717) is 17.5 Å². The Hall–Kier alpha value is -3.00. The molecule has 0 radical (unpaired) electrons. The molecule has 144 valence electrons. The highest BCUT2D eigenvalue weighted by Gasteiger charge is 2.12. The van der Waals surface area contributed by atoms with Gasteiger partial charge in [-0.05, 0) is 43.3 Å². The topological polar surface area (TPSA) is 94.3 Å². The summed E-state index contributed by atoms with van der Waals surface area (Å²) >= 11 is 3.32. The molecule has 2 aromatic carbocycles. The number of rotatable bonds is 7. The van der Waals surface area contributed by atoms with Gasteiger partial charge < -0.3 is 14.5 Å². The van der Waals surface area contributed by atoms with E-state index < -0.39 is 11.9 Å². The van der Waals surface area contributed by atoms with Gasteiger partial charge in [0.15, 0.2) is 6.61 Å². The molecule has 0 unspecified atom stereocenters. The van der Waals surface area contributed by atoms with E-state index in [0.717, 1.165) is 15.6 Å². The summed E-state index contributed by atoms with van der Waals surface area (Å²) < 4.78 is 11.4. The van der Waals surface area contributed by atoms with Gasteiger partial charge in [0.1, 0.15) is 0 Å². The lowest BCUT2D eigenvalue weighted by atomic mass is 10.1. The van der Waals surface area contributed by atoms with Crippen LogP contribution < -0.4 is 5.32 Å². The van der Waals surface area contributed by atoms with Crippen molar-refractivity contribution in [1.82, 2.24) is 10.2 Å². The number of nitrogens with zero attached hydrogens (tertiary/aromatic N) is 2. The maximum absolute atomic E-state index is 11.8. The molecule has 0 saturated heterocycles. The minimum Gasteiger partial charge on any atom is -0.456 e. The molecule has 7 nitrogen and oxygen atoms in total. The van der Waals surface area contributed by atoms with Crippen LogP contribution in [0, 0.1) is 6.92 Å². The molecule has 1 aromatic heterocycles. The lowest BCUT2D eigenvalue weighted by molar-refractivity contribution is -0.147. The second-order valence-corrected chi connectivity index (χ2v) is 7.00. The van der Waals surface area contributed by atoms with Gasteiger partial charge in [0.05, 0.1) is 6.42 Å². The zero-order chi connectivity index (χ0) is 19.9. The van der Waals surface area contributed by atoms with Crippen LogP contribution in [0.3, 0.4) is 0 Å². The van der Waals surface area contributed by atoms with Crippen LogP contribution in [0.25, 0.3) is 11.5 Å². The quantitative estimate of drug-likeness (QED) is 0.556. The van der Waals surface area contributed by atoms with E-state index >= 15 is 0 Å². The number of aryl methyl sites for hydroxylation is 2. The molecule has 1 amide bonds. The van der Waals surface area contributed by atoms with Gasteiger partial charge in [-0.25, -0.2) is 0 Å². The highest BCUT2D eigenvalue weighted by Crippen LogP contribution is 2.19. The standard InChI is InChI=1S/C20H18BrN3O4/c1-13-2-4-14(5-3-13)20-24-23-18(28-20)10-11-19(26)27-12-17(25)22-16-8-6-15(21)7-9-16/h2-9H,10-12H2,1H3,(H,22,25). The number of halogens is 1. The Kier molecular flexibility index (Phi) is 6.54. The number of aromatic nitrogens is 2. The number of anilines is 1. The highest BCUT2D eigenvalue weighted by molar-refractivity contribution is 9.10. The maximum atomic E-state index is 11.8. The van der Waals surface area contributed by atoms with E-state index in [4.69, 9.17) is 9.15 Å². The predicted octanol–water partition coefficient (Wildman–Crippen LogP) is 3.92. The largest absolute Gasteiger partial charge is 0.456 e. The van der Waals surface area contributed by atoms with E-state index in [-0.39, 0.29) is 19.4 Å².